The van der Waals surface area contributed by atoms with Crippen molar-refractivity contribution in [1.29, 1.82) is 0 Å². The Hall–Kier alpha value is -2.67. The molecule has 1 aromatic carbocycles. The van der Waals surface area contributed by atoms with Gasteiger partial charge in [-0.3, -0.25) is 0 Å². The molecule has 0 radical (unpaired) electrons. The molecule has 0 saturated heterocycles. The number of carbonyl (C=O) groups is 3. The van der Waals surface area contributed by atoms with E-state index in [0.29, 0.717) is 19.3 Å². The molecule has 0 aromatic heterocycles. The van der Waals surface area contributed by atoms with Crippen LogP contribution in [-0.2, 0) is 14.3 Å². The van der Waals surface area contributed by atoms with Gasteiger partial charge in [-0.1, -0.05) is 18.7 Å². The zero-order valence-corrected chi connectivity index (χ0v) is 13.1. The zero-order valence-electron chi connectivity index (χ0n) is 13.1. The summed E-state index contributed by atoms with van der Waals surface area (Å²) in [6.45, 7) is 3.26. The number of rotatable bonds is 10. The first-order valence-corrected chi connectivity index (χ1v) is 7.42. The van der Waals surface area contributed by atoms with Crippen LogP contribution in [0.5, 0.6) is 0 Å². The number of aliphatic hydroxyl groups is 1. The number of aliphatic hydroxyl groups excluding tert-OH is 1. The monoisotopic (exact) mass is 336 g/mol. The summed E-state index contributed by atoms with van der Waals surface area (Å²) in [6, 6.07) is 5.70. The van der Waals surface area contributed by atoms with E-state index in [2.05, 4.69) is 6.58 Å². The molecular formula is C17H20O7. The lowest BCUT2D eigenvalue weighted by molar-refractivity contribution is -0.137. The summed E-state index contributed by atoms with van der Waals surface area (Å²) < 4.78 is 9.73. The first-order chi connectivity index (χ1) is 11.5. The molecule has 0 spiro atoms. The predicted octanol–water partition coefficient (Wildman–Crippen LogP) is 1.80. The van der Waals surface area contributed by atoms with Crippen molar-refractivity contribution in [3.63, 3.8) is 0 Å². The lowest BCUT2D eigenvalue weighted by Gasteiger charge is -2.12. The van der Waals surface area contributed by atoms with Gasteiger partial charge in [0.15, 0.2) is 0 Å². The maximum Gasteiger partial charge on any atom is 0.339 e. The second kappa shape index (κ2) is 10.2. The molecule has 0 bridgehead atoms. The van der Waals surface area contributed by atoms with Crippen LogP contribution in [0.3, 0.4) is 0 Å². The van der Waals surface area contributed by atoms with Crippen molar-refractivity contribution in [2.45, 2.75) is 25.4 Å². The van der Waals surface area contributed by atoms with Gasteiger partial charge in [0, 0.05) is 6.08 Å². The van der Waals surface area contributed by atoms with E-state index in [1.54, 1.807) is 0 Å². The van der Waals surface area contributed by atoms with Gasteiger partial charge in [-0.25, -0.2) is 14.4 Å². The molecule has 0 aliphatic heterocycles. The predicted molar refractivity (Wildman–Crippen MR) is 84.7 cm³/mol. The van der Waals surface area contributed by atoms with Crippen LogP contribution < -0.4 is 0 Å². The lowest BCUT2D eigenvalue weighted by Crippen LogP contribution is -2.20. The number of hydrogen-bond donors (Lipinski definition) is 2. The number of benzene rings is 1. The number of aromatic carboxylic acids is 1. The summed E-state index contributed by atoms with van der Waals surface area (Å²) in [5.74, 6) is -2.52. The fraction of sp³-hybridized carbons (Fsp3) is 0.353. The van der Waals surface area contributed by atoms with E-state index in [-0.39, 0.29) is 24.3 Å². The minimum absolute atomic E-state index is 0.0615. The van der Waals surface area contributed by atoms with E-state index in [0.717, 1.165) is 6.08 Å². The van der Waals surface area contributed by atoms with Crippen LogP contribution in [0, 0.1) is 0 Å². The Morgan fingerprint density at radius 2 is 1.79 bits per heavy atom. The van der Waals surface area contributed by atoms with Crippen molar-refractivity contribution >= 4 is 17.9 Å². The van der Waals surface area contributed by atoms with Crippen molar-refractivity contribution in [2.24, 2.45) is 0 Å². The minimum Gasteiger partial charge on any atom is -0.478 e. The van der Waals surface area contributed by atoms with E-state index < -0.39 is 24.0 Å². The van der Waals surface area contributed by atoms with Gasteiger partial charge in [0.05, 0.1) is 23.8 Å². The topological polar surface area (TPSA) is 110 Å². The Kier molecular flexibility index (Phi) is 8.21. The second-order valence-electron chi connectivity index (χ2n) is 4.97. The SMILES string of the molecule is C=CC(=O)OCCCCC(O)COC(=O)c1ccccc1C(=O)O. The van der Waals surface area contributed by atoms with E-state index in [4.69, 9.17) is 14.6 Å². The Morgan fingerprint density at radius 3 is 2.42 bits per heavy atom. The van der Waals surface area contributed by atoms with Crippen LogP contribution in [0.15, 0.2) is 36.9 Å². The average molecular weight is 336 g/mol. The van der Waals surface area contributed by atoms with Gasteiger partial charge in [-0.2, -0.15) is 0 Å². The number of hydrogen-bond acceptors (Lipinski definition) is 6. The molecule has 1 unspecified atom stereocenters. The molecule has 7 heteroatoms. The standard InChI is InChI=1S/C17H20O7/c1-2-15(19)23-10-6-5-7-12(18)11-24-17(22)14-9-4-3-8-13(14)16(20)21/h2-4,8-9,12,18H,1,5-7,10-11H2,(H,20,21). The van der Waals surface area contributed by atoms with Gasteiger partial charge in [0.1, 0.15) is 6.61 Å². The molecule has 0 amide bonds. The van der Waals surface area contributed by atoms with Gasteiger partial charge in [0.25, 0.3) is 0 Å². The third-order valence-electron chi connectivity index (χ3n) is 3.13. The number of carbonyl (C=O) groups excluding carboxylic acids is 2. The Balaban J connectivity index is 2.33. The number of ether oxygens (including phenoxy) is 2. The number of carboxylic acids is 1. The Labute approximate surface area is 139 Å². The van der Waals surface area contributed by atoms with E-state index in [9.17, 15) is 19.5 Å². The lowest BCUT2D eigenvalue weighted by atomic mass is 10.1. The summed E-state index contributed by atoms with van der Waals surface area (Å²) in [6.07, 6.45) is 1.70. The highest BCUT2D eigenvalue weighted by Crippen LogP contribution is 2.11. The summed E-state index contributed by atoms with van der Waals surface area (Å²) in [4.78, 5) is 33.7. The smallest absolute Gasteiger partial charge is 0.339 e. The molecule has 24 heavy (non-hydrogen) atoms. The fourth-order valence-corrected chi connectivity index (χ4v) is 1.89. The molecule has 2 N–H and O–H groups in total. The number of unbranched alkanes of at least 4 members (excludes halogenated alkanes) is 1. The second-order valence-corrected chi connectivity index (χ2v) is 4.97. The van der Waals surface area contributed by atoms with Gasteiger partial charge in [-0.15, -0.1) is 0 Å². The zero-order chi connectivity index (χ0) is 17.9. The van der Waals surface area contributed by atoms with E-state index in [1.807, 2.05) is 0 Å². The largest absolute Gasteiger partial charge is 0.478 e. The molecular weight excluding hydrogens is 316 g/mol. The normalized spacial score (nSPS) is 11.4. The quantitative estimate of drug-likeness (QED) is 0.381. The van der Waals surface area contributed by atoms with Gasteiger partial charge < -0.3 is 19.7 Å². The van der Waals surface area contributed by atoms with Crippen LogP contribution in [-0.4, -0.2) is 47.4 Å². The molecule has 0 fully saturated rings. The van der Waals surface area contributed by atoms with Crippen LogP contribution >= 0.6 is 0 Å². The summed E-state index contributed by atoms with van der Waals surface area (Å²) in [5.41, 5.74) is -0.213. The minimum atomic E-state index is -1.22. The van der Waals surface area contributed by atoms with Crippen molar-refractivity contribution in [2.75, 3.05) is 13.2 Å². The van der Waals surface area contributed by atoms with Gasteiger partial charge in [0.2, 0.25) is 0 Å². The third-order valence-corrected chi connectivity index (χ3v) is 3.13. The Morgan fingerprint density at radius 1 is 1.12 bits per heavy atom. The average Bonchev–Trinajstić information content (AvgIpc) is 2.58. The fourth-order valence-electron chi connectivity index (χ4n) is 1.89. The summed E-state index contributed by atoms with van der Waals surface area (Å²) in [7, 11) is 0. The van der Waals surface area contributed by atoms with E-state index in [1.165, 1.54) is 24.3 Å². The van der Waals surface area contributed by atoms with Crippen LogP contribution in [0.1, 0.15) is 40.0 Å². The van der Waals surface area contributed by atoms with Crippen LogP contribution in [0.2, 0.25) is 0 Å². The molecule has 0 aliphatic rings. The highest BCUT2D eigenvalue weighted by Gasteiger charge is 2.18. The first-order valence-electron chi connectivity index (χ1n) is 7.42. The molecule has 1 rings (SSSR count). The van der Waals surface area contributed by atoms with Crippen molar-refractivity contribution in [3.8, 4) is 0 Å². The van der Waals surface area contributed by atoms with Gasteiger partial charge >= 0.3 is 17.9 Å². The molecule has 1 aromatic rings. The highest BCUT2D eigenvalue weighted by atomic mass is 16.5. The van der Waals surface area contributed by atoms with Crippen LogP contribution in [0.25, 0.3) is 0 Å². The summed E-state index contributed by atoms with van der Waals surface area (Å²) >= 11 is 0. The van der Waals surface area contributed by atoms with Crippen molar-refractivity contribution in [1.82, 2.24) is 0 Å². The molecule has 1 atom stereocenters. The molecule has 0 aliphatic carbocycles. The molecule has 130 valence electrons. The van der Waals surface area contributed by atoms with Gasteiger partial charge in [-0.05, 0) is 31.4 Å². The number of esters is 2. The highest BCUT2D eigenvalue weighted by molar-refractivity contribution is 6.02. The molecule has 0 heterocycles. The maximum absolute atomic E-state index is 11.9. The van der Waals surface area contributed by atoms with Crippen LogP contribution in [0.4, 0.5) is 0 Å². The summed E-state index contributed by atoms with van der Waals surface area (Å²) in [5, 5.41) is 18.8. The maximum atomic E-state index is 11.9. The molecule has 7 nitrogen and oxygen atoms in total. The first kappa shape index (κ1) is 19.4. The van der Waals surface area contributed by atoms with Crippen molar-refractivity contribution in [3.05, 3.63) is 48.0 Å². The third kappa shape index (κ3) is 6.62. The van der Waals surface area contributed by atoms with E-state index >= 15 is 0 Å². The number of carboxylic acid groups (broad SMARTS) is 1. The Bertz CT molecular complexity index is 594. The van der Waals surface area contributed by atoms with Crippen molar-refractivity contribution < 1.29 is 34.1 Å². The molecule has 0 saturated carbocycles.